The molecule has 4 heteroatoms. The average Bonchev–Trinajstić information content (AvgIpc) is 3.10. The van der Waals surface area contributed by atoms with Gasteiger partial charge in [-0.2, -0.15) is 5.10 Å². The predicted octanol–water partition coefficient (Wildman–Crippen LogP) is 2.53. The van der Waals surface area contributed by atoms with Crippen molar-refractivity contribution in [1.29, 1.82) is 0 Å². The van der Waals surface area contributed by atoms with Crippen LogP contribution < -0.4 is 0 Å². The van der Waals surface area contributed by atoms with Crippen molar-refractivity contribution in [3.05, 3.63) is 72.3 Å². The Morgan fingerprint density at radius 2 is 2.00 bits per heavy atom. The summed E-state index contributed by atoms with van der Waals surface area (Å²) in [4.78, 5) is 10.6. The molecular formula is C15H13N3O. The largest absolute Gasteiger partial charge is 0.324 e. The fourth-order valence-electron chi connectivity index (χ4n) is 2.04. The van der Waals surface area contributed by atoms with E-state index in [0.29, 0.717) is 12.1 Å². The van der Waals surface area contributed by atoms with E-state index in [0.717, 1.165) is 17.5 Å². The van der Waals surface area contributed by atoms with Crippen LogP contribution in [0.2, 0.25) is 0 Å². The van der Waals surface area contributed by atoms with Gasteiger partial charge < -0.3 is 4.57 Å². The van der Waals surface area contributed by atoms with Gasteiger partial charge in [0.05, 0.1) is 18.3 Å². The van der Waals surface area contributed by atoms with Crippen molar-refractivity contribution in [3.63, 3.8) is 0 Å². The lowest BCUT2D eigenvalue weighted by atomic mass is 10.2. The lowest BCUT2D eigenvalue weighted by Gasteiger charge is -2.06. The van der Waals surface area contributed by atoms with Gasteiger partial charge in [0.2, 0.25) is 0 Å². The first-order valence-electron chi connectivity index (χ1n) is 6.05. The Balaban J connectivity index is 1.85. The van der Waals surface area contributed by atoms with E-state index in [1.165, 1.54) is 0 Å². The molecule has 3 aromatic rings. The number of aromatic nitrogens is 3. The maximum atomic E-state index is 10.6. The van der Waals surface area contributed by atoms with E-state index in [-0.39, 0.29) is 0 Å². The molecule has 0 N–H and O–H groups in total. The molecule has 0 radical (unpaired) electrons. The molecule has 3 rings (SSSR count). The number of nitrogens with zero attached hydrogens (tertiary/aromatic N) is 3. The topological polar surface area (TPSA) is 39.8 Å². The molecule has 1 aromatic carbocycles. The summed E-state index contributed by atoms with van der Waals surface area (Å²) >= 11 is 0. The number of rotatable bonds is 4. The van der Waals surface area contributed by atoms with Gasteiger partial charge >= 0.3 is 0 Å². The maximum Gasteiger partial charge on any atom is 0.153 e. The van der Waals surface area contributed by atoms with Crippen LogP contribution in [0.15, 0.2) is 61.2 Å². The lowest BCUT2D eigenvalue weighted by Crippen LogP contribution is -2.01. The summed E-state index contributed by atoms with van der Waals surface area (Å²) in [6.07, 6.45) is 8.15. The maximum absolute atomic E-state index is 10.6. The third-order valence-electron chi connectivity index (χ3n) is 2.95. The minimum Gasteiger partial charge on any atom is -0.324 e. The van der Waals surface area contributed by atoms with E-state index in [1.807, 2.05) is 30.6 Å². The summed E-state index contributed by atoms with van der Waals surface area (Å²) in [7, 11) is 0. The molecular weight excluding hydrogens is 238 g/mol. The number of aldehydes is 1. The van der Waals surface area contributed by atoms with Crippen LogP contribution in [0.25, 0.3) is 5.69 Å². The van der Waals surface area contributed by atoms with E-state index in [1.54, 1.807) is 17.1 Å². The highest BCUT2D eigenvalue weighted by Gasteiger charge is 2.01. The van der Waals surface area contributed by atoms with Crippen LogP contribution in [0.5, 0.6) is 0 Å². The third kappa shape index (κ3) is 2.47. The second-order valence-corrected chi connectivity index (χ2v) is 4.35. The molecule has 0 fully saturated rings. The van der Waals surface area contributed by atoms with Gasteiger partial charge in [-0.25, -0.2) is 0 Å². The van der Waals surface area contributed by atoms with Crippen LogP contribution >= 0.6 is 0 Å². The van der Waals surface area contributed by atoms with Crippen molar-refractivity contribution >= 4 is 6.29 Å². The van der Waals surface area contributed by atoms with Crippen molar-refractivity contribution in [1.82, 2.24) is 14.3 Å². The van der Waals surface area contributed by atoms with Crippen molar-refractivity contribution in [2.75, 3.05) is 0 Å². The summed E-state index contributed by atoms with van der Waals surface area (Å²) in [5.41, 5.74) is 2.86. The molecule has 0 spiro atoms. The number of benzene rings is 1. The molecule has 2 heterocycles. The fourth-order valence-corrected chi connectivity index (χ4v) is 2.04. The van der Waals surface area contributed by atoms with Crippen molar-refractivity contribution in [2.24, 2.45) is 0 Å². The highest BCUT2D eigenvalue weighted by atomic mass is 16.1. The summed E-state index contributed by atoms with van der Waals surface area (Å²) in [5.74, 6) is 0. The molecule has 0 aliphatic rings. The van der Waals surface area contributed by atoms with Gasteiger partial charge in [0.15, 0.2) is 6.29 Å². The van der Waals surface area contributed by atoms with E-state index in [9.17, 15) is 4.79 Å². The zero-order valence-corrected chi connectivity index (χ0v) is 10.3. The summed E-state index contributed by atoms with van der Waals surface area (Å²) in [6, 6.07) is 12.2. The Bertz CT molecular complexity index is 683. The van der Waals surface area contributed by atoms with Gasteiger partial charge in [-0.1, -0.05) is 12.1 Å². The van der Waals surface area contributed by atoms with E-state index >= 15 is 0 Å². The Labute approximate surface area is 110 Å². The molecule has 0 bridgehead atoms. The van der Waals surface area contributed by atoms with Gasteiger partial charge in [-0.15, -0.1) is 0 Å². The van der Waals surface area contributed by atoms with Crippen LogP contribution in [0.3, 0.4) is 0 Å². The highest BCUT2D eigenvalue weighted by molar-refractivity contribution is 5.73. The Kier molecular flexibility index (Phi) is 2.98. The molecule has 0 atom stereocenters. The summed E-state index contributed by atoms with van der Waals surface area (Å²) in [6.45, 7) is 0.656. The number of carbonyl (C=O) groups is 1. The van der Waals surface area contributed by atoms with Crippen molar-refractivity contribution < 1.29 is 4.79 Å². The number of hydrogen-bond acceptors (Lipinski definition) is 2. The van der Waals surface area contributed by atoms with Gasteiger partial charge in [0.25, 0.3) is 0 Å². The highest BCUT2D eigenvalue weighted by Crippen LogP contribution is 2.12. The molecule has 2 aromatic heterocycles. The van der Waals surface area contributed by atoms with Crippen LogP contribution in [-0.2, 0) is 6.54 Å². The van der Waals surface area contributed by atoms with Crippen LogP contribution in [0, 0.1) is 0 Å². The SMILES string of the molecule is O=Cc1cnn(Cc2cccc(-n3cccc3)c2)c1. The van der Waals surface area contributed by atoms with E-state index in [4.69, 9.17) is 0 Å². The molecule has 0 amide bonds. The monoisotopic (exact) mass is 251 g/mol. The lowest BCUT2D eigenvalue weighted by molar-refractivity contribution is 0.112. The zero-order valence-electron chi connectivity index (χ0n) is 10.3. The van der Waals surface area contributed by atoms with Gasteiger partial charge in [0.1, 0.15) is 0 Å². The number of hydrogen-bond donors (Lipinski definition) is 0. The molecule has 0 aliphatic heterocycles. The summed E-state index contributed by atoms with van der Waals surface area (Å²) in [5, 5.41) is 4.15. The van der Waals surface area contributed by atoms with Crippen LogP contribution in [0.4, 0.5) is 0 Å². The van der Waals surface area contributed by atoms with E-state index in [2.05, 4.69) is 27.9 Å². The predicted molar refractivity (Wildman–Crippen MR) is 72.5 cm³/mol. The average molecular weight is 251 g/mol. The first kappa shape index (κ1) is 11.5. The third-order valence-corrected chi connectivity index (χ3v) is 2.95. The fraction of sp³-hybridized carbons (Fsp3) is 0.0667. The molecule has 0 unspecified atom stereocenters. The second-order valence-electron chi connectivity index (χ2n) is 4.35. The Hall–Kier alpha value is -2.62. The van der Waals surface area contributed by atoms with E-state index < -0.39 is 0 Å². The molecule has 94 valence electrons. The van der Waals surface area contributed by atoms with Gasteiger partial charge in [-0.3, -0.25) is 9.48 Å². The minimum atomic E-state index is 0.599. The summed E-state index contributed by atoms with van der Waals surface area (Å²) < 4.78 is 3.82. The van der Waals surface area contributed by atoms with Crippen LogP contribution in [0.1, 0.15) is 15.9 Å². The van der Waals surface area contributed by atoms with Gasteiger partial charge in [-0.05, 0) is 29.8 Å². The Morgan fingerprint density at radius 1 is 1.16 bits per heavy atom. The van der Waals surface area contributed by atoms with Crippen molar-refractivity contribution in [2.45, 2.75) is 6.54 Å². The molecule has 0 saturated carbocycles. The second kappa shape index (κ2) is 4.94. The number of carbonyl (C=O) groups excluding carboxylic acids is 1. The first-order valence-corrected chi connectivity index (χ1v) is 6.05. The standard InChI is InChI=1S/C15H13N3O/c19-12-14-9-16-18(11-14)10-13-4-3-5-15(8-13)17-6-1-2-7-17/h1-9,11-12H,10H2. The molecule has 0 aliphatic carbocycles. The molecule has 19 heavy (non-hydrogen) atoms. The zero-order chi connectivity index (χ0) is 13.1. The minimum absolute atomic E-state index is 0.599. The molecule has 4 nitrogen and oxygen atoms in total. The van der Waals surface area contributed by atoms with Crippen LogP contribution in [-0.4, -0.2) is 20.6 Å². The van der Waals surface area contributed by atoms with Crippen molar-refractivity contribution in [3.8, 4) is 5.69 Å². The normalized spacial score (nSPS) is 10.5. The Morgan fingerprint density at radius 3 is 2.74 bits per heavy atom. The smallest absolute Gasteiger partial charge is 0.153 e. The first-order chi connectivity index (χ1) is 9.35. The molecule has 0 saturated heterocycles. The van der Waals surface area contributed by atoms with Gasteiger partial charge in [0, 0.05) is 24.3 Å². The quantitative estimate of drug-likeness (QED) is 0.668.